The van der Waals surface area contributed by atoms with Crippen molar-refractivity contribution in [3.63, 3.8) is 0 Å². The van der Waals surface area contributed by atoms with E-state index in [4.69, 9.17) is 9.47 Å². The zero-order chi connectivity index (χ0) is 30.5. The van der Waals surface area contributed by atoms with Crippen LogP contribution in [0.4, 0.5) is 4.39 Å². The first-order valence-corrected chi connectivity index (χ1v) is 17.8. The van der Waals surface area contributed by atoms with Gasteiger partial charge in [-0.05, 0) is 69.0 Å². The molecule has 244 valence electrons. The zero-order valence-corrected chi connectivity index (χ0v) is 26.4. The van der Waals surface area contributed by atoms with Crippen LogP contribution in [0.2, 0.25) is 0 Å². The lowest BCUT2D eigenvalue weighted by Crippen LogP contribution is -2.75. The summed E-state index contributed by atoms with van der Waals surface area (Å²) in [5.74, 6) is 0.189. The predicted octanol–water partition coefficient (Wildman–Crippen LogP) is 3.70. The second kappa shape index (κ2) is 12.7. The molecule has 1 aromatic rings. The average Bonchev–Trinajstić information content (AvgIpc) is 3.08. The number of benzene rings is 1. The molecular weight excluding hydrogens is 571 g/mol. The van der Waals surface area contributed by atoms with Crippen molar-refractivity contribution in [3.8, 4) is 0 Å². The van der Waals surface area contributed by atoms with Crippen LogP contribution in [-0.2, 0) is 25.6 Å². The molecule has 3 aliphatic carbocycles. The quantitative estimate of drug-likeness (QED) is 0.504. The average molecular weight is 621 g/mol. The van der Waals surface area contributed by atoms with Gasteiger partial charge in [0.2, 0.25) is 0 Å². The molecule has 7 aliphatic rings. The number of nitrogens with zero attached hydrogens (tertiary/aromatic N) is 3. The van der Waals surface area contributed by atoms with Crippen LogP contribution in [-0.4, -0.2) is 108 Å². The van der Waals surface area contributed by atoms with Gasteiger partial charge in [0.05, 0.1) is 49.1 Å². The summed E-state index contributed by atoms with van der Waals surface area (Å²) >= 11 is 0. The van der Waals surface area contributed by atoms with Crippen molar-refractivity contribution in [3.05, 3.63) is 47.7 Å². The Kier molecular flexibility index (Phi) is 8.48. The number of Topliss-reactive ketones (excluding diaryl/α,β-unsaturated/α-hetero) is 1. The number of amides is 1. The van der Waals surface area contributed by atoms with E-state index in [9.17, 15) is 9.59 Å². The summed E-state index contributed by atoms with van der Waals surface area (Å²) in [6.45, 7) is 4.84. The molecule has 1 amide bonds. The number of piperidine rings is 1. The summed E-state index contributed by atoms with van der Waals surface area (Å²) in [5, 5.41) is 3.76. The van der Waals surface area contributed by atoms with Crippen LogP contribution >= 0.6 is 0 Å². The van der Waals surface area contributed by atoms with Crippen LogP contribution in [0.5, 0.6) is 0 Å². The summed E-state index contributed by atoms with van der Waals surface area (Å²) in [6, 6.07) is 10.3. The Bertz CT molecular complexity index is 1260. The summed E-state index contributed by atoms with van der Waals surface area (Å²) in [6.07, 6.45) is 9.41. The van der Waals surface area contributed by atoms with E-state index in [0.29, 0.717) is 38.1 Å². The maximum Gasteiger partial charge on any atom is 0.259 e. The number of halogens is 1. The number of carbonyl (C=O) groups excluding carboxylic acids is 2. The van der Waals surface area contributed by atoms with E-state index in [1.54, 1.807) is 4.90 Å². The minimum atomic E-state index is -1.20. The monoisotopic (exact) mass is 620 g/mol. The molecule has 9 atom stereocenters. The normalized spacial score (nSPS) is 39.0. The van der Waals surface area contributed by atoms with Gasteiger partial charge in [-0.1, -0.05) is 49.6 Å². The number of likely N-dealkylation sites (tertiary alicyclic amines) is 1. The number of carbonyl (C=O) groups is 2. The van der Waals surface area contributed by atoms with Crippen LogP contribution < -0.4 is 5.32 Å². The Hall–Kier alpha value is -2.33. The number of rotatable bonds is 5. The van der Waals surface area contributed by atoms with Gasteiger partial charge in [0.25, 0.3) is 5.91 Å². The number of ether oxygens (including phenoxy) is 2. The van der Waals surface area contributed by atoms with Gasteiger partial charge in [0, 0.05) is 37.8 Å². The summed E-state index contributed by atoms with van der Waals surface area (Å²) in [5.41, 5.74) is 1.57. The molecule has 45 heavy (non-hydrogen) atoms. The fraction of sp³-hybridized carbons (Fsp3) is 0.722. The molecule has 9 heteroatoms. The van der Waals surface area contributed by atoms with Crippen LogP contribution in [0.3, 0.4) is 0 Å². The maximum atomic E-state index is 16.4. The van der Waals surface area contributed by atoms with Crippen molar-refractivity contribution in [2.75, 3.05) is 39.4 Å². The summed E-state index contributed by atoms with van der Waals surface area (Å²) in [7, 11) is 0. The lowest BCUT2D eigenvalue weighted by molar-refractivity contribution is -0.216. The van der Waals surface area contributed by atoms with E-state index in [1.165, 1.54) is 24.8 Å². The van der Waals surface area contributed by atoms with E-state index in [0.717, 1.165) is 51.7 Å². The molecule has 4 aliphatic heterocycles. The third-order valence-corrected chi connectivity index (χ3v) is 12.3. The van der Waals surface area contributed by atoms with Gasteiger partial charge < -0.3 is 24.6 Å². The number of nitrogens with one attached hydrogen (secondary N) is 1. The number of alkyl halides is 1. The Labute approximate surface area is 266 Å². The van der Waals surface area contributed by atoms with Crippen molar-refractivity contribution in [2.24, 2.45) is 17.8 Å². The van der Waals surface area contributed by atoms with Crippen molar-refractivity contribution in [2.45, 2.75) is 107 Å². The van der Waals surface area contributed by atoms with E-state index < -0.39 is 24.2 Å². The molecule has 1 aromatic carbocycles. The highest BCUT2D eigenvalue weighted by Gasteiger charge is 2.61. The van der Waals surface area contributed by atoms with Gasteiger partial charge in [0.15, 0.2) is 5.78 Å². The van der Waals surface area contributed by atoms with Crippen LogP contribution in [0.15, 0.2) is 42.1 Å². The van der Waals surface area contributed by atoms with E-state index in [2.05, 4.69) is 45.4 Å². The zero-order valence-electron chi connectivity index (χ0n) is 26.4. The van der Waals surface area contributed by atoms with Gasteiger partial charge in [-0.3, -0.25) is 14.5 Å². The highest BCUT2D eigenvalue weighted by atomic mass is 19.1. The van der Waals surface area contributed by atoms with Crippen molar-refractivity contribution in [1.29, 1.82) is 0 Å². The molecule has 4 heterocycles. The van der Waals surface area contributed by atoms with E-state index >= 15 is 4.39 Å². The number of hydrogen-bond acceptors (Lipinski definition) is 7. The minimum Gasteiger partial charge on any atom is -0.378 e. The SMILES string of the molecule is O=C1C(C(=O)N2CCOCC2)=CN2C3C(CCC4CCCCC43)OC3C(NC4CCN(Cc5ccccc5)CC4)C(F)CC1C32. The molecular formula is C36H49FN4O4. The first kappa shape index (κ1) is 30.0. The van der Waals surface area contributed by atoms with E-state index in [-0.39, 0.29) is 47.9 Å². The molecule has 1 N–H and O–H groups in total. The van der Waals surface area contributed by atoms with Crippen LogP contribution in [0.1, 0.15) is 63.4 Å². The Morgan fingerprint density at radius 3 is 2.51 bits per heavy atom. The van der Waals surface area contributed by atoms with Gasteiger partial charge in [-0.2, -0.15) is 0 Å². The van der Waals surface area contributed by atoms with Gasteiger partial charge in [-0.15, -0.1) is 0 Å². The smallest absolute Gasteiger partial charge is 0.259 e. The van der Waals surface area contributed by atoms with Crippen molar-refractivity contribution < 1.29 is 23.5 Å². The second-order valence-electron chi connectivity index (χ2n) is 14.8. The molecule has 3 saturated heterocycles. The molecule has 0 radical (unpaired) electrons. The van der Waals surface area contributed by atoms with Gasteiger partial charge in [-0.25, -0.2) is 4.39 Å². The fourth-order valence-electron chi connectivity index (χ4n) is 10.1. The predicted molar refractivity (Wildman–Crippen MR) is 168 cm³/mol. The highest BCUT2D eigenvalue weighted by Crippen LogP contribution is 2.51. The lowest BCUT2D eigenvalue weighted by atomic mass is 9.63. The van der Waals surface area contributed by atoms with Crippen molar-refractivity contribution in [1.82, 2.24) is 20.0 Å². The Morgan fingerprint density at radius 2 is 1.71 bits per heavy atom. The highest BCUT2D eigenvalue weighted by molar-refractivity contribution is 6.20. The largest absolute Gasteiger partial charge is 0.378 e. The minimum absolute atomic E-state index is 0.00207. The Balaban J connectivity index is 1.05. The first-order chi connectivity index (χ1) is 22.0. The molecule has 0 spiro atoms. The van der Waals surface area contributed by atoms with Crippen LogP contribution in [0.25, 0.3) is 0 Å². The fourth-order valence-corrected chi connectivity index (χ4v) is 10.1. The van der Waals surface area contributed by atoms with Crippen molar-refractivity contribution >= 4 is 11.7 Å². The summed E-state index contributed by atoms with van der Waals surface area (Å²) in [4.78, 5) is 34.6. The third kappa shape index (κ3) is 5.66. The molecule has 3 saturated carbocycles. The maximum absolute atomic E-state index is 16.4. The molecule has 8 nitrogen and oxygen atoms in total. The number of hydrogen-bond donors (Lipinski definition) is 1. The van der Waals surface area contributed by atoms with Crippen LogP contribution in [0, 0.1) is 17.8 Å². The first-order valence-electron chi connectivity index (χ1n) is 17.8. The Morgan fingerprint density at radius 1 is 0.933 bits per heavy atom. The number of morpholine rings is 2. The number of fused-ring (bicyclic) bond motifs is 4. The standard InChI is InChI=1S/C36H49FN4O4/c37-29-20-27-33-35(31(29)38-25-12-14-39(15-13-25)21-23-6-2-1-3-7-23)45-30-11-10-24-8-4-5-9-26(24)32(30)41(33)22-28(34(27)42)36(43)40-16-18-44-19-17-40/h1-3,6-7,22,24-27,29-33,35,38H,4-5,8-21H2. The topological polar surface area (TPSA) is 74.3 Å². The van der Waals surface area contributed by atoms with Gasteiger partial charge >= 0.3 is 0 Å². The molecule has 8 rings (SSSR count). The molecule has 6 fully saturated rings. The van der Waals surface area contributed by atoms with Gasteiger partial charge in [0.1, 0.15) is 6.17 Å². The molecule has 0 aromatic heterocycles. The summed E-state index contributed by atoms with van der Waals surface area (Å²) < 4.78 is 28.9. The van der Waals surface area contributed by atoms with E-state index in [1.807, 2.05) is 6.20 Å². The second-order valence-corrected chi connectivity index (χ2v) is 14.8. The number of ketones is 1. The lowest BCUT2D eigenvalue weighted by Gasteiger charge is -2.62. The molecule has 9 unspecified atom stereocenters. The molecule has 0 bridgehead atoms. The third-order valence-electron chi connectivity index (χ3n) is 12.3.